The van der Waals surface area contributed by atoms with E-state index in [4.69, 9.17) is 0 Å². The fourth-order valence-corrected chi connectivity index (χ4v) is 3.71. The van der Waals surface area contributed by atoms with E-state index in [-0.39, 0.29) is 0 Å². The summed E-state index contributed by atoms with van der Waals surface area (Å²) in [5.74, 6) is 4.76. The van der Waals surface area contributed by atoms with E-state index in [1.54, 1.807) is 0 Å². The average Bonchev–Trinajstić information content (AvgIpc) is 3.19. The maximum Gasteiger partial charge on any atom is 0.136 e. The quantitative estimate of drug-likeness (QED) is 0.867. The molecular weight excluding hydrogens is 256 g/mol. The smallest absolute Gasteiger partial charge is 0.136 e. The Labute approximate surface area is 119 Å². The molecule has 5 heteroatoms. The molecule has 2 aliphatic rings. The van der Waals surface area contributed by atoms with E-state index in [0.717, 1.165) is 24.0 Å². The van der Waals surface area contributed by atoms with Crippen LogP contribution in [-0.2, 0) is 0 Å². The molecule has 1 atom stereocenters. The highest BCUT2D eigenvalue weighted by Crippen LogP contribution is 2.40. The summed E-state index contributed by atoms with van der Waals surface area (Å²) in [7, 11) is 1.91. The lowest BCUT2D eigenvalue weighted by atomic mass is 10.1. The van der Waals surface area contributed by atoms with Crippen molar-refractivity contribution >= 4 is 23.4 Å². The van der Waals surface area contributed by atoms with Gasteiger partial charge in [-0.05, 0) is 38.4 Å². The second-order valence-electron chi connectivity index (χ2n) is 5.78. The van der Waals surface area contributed by atoms with Crippen LogP contribution in [0.1, 0.15) is 44.3 Å². The summed E-state index contributed by atoms with van der Waals surface area (Å²) in [5, 5.41) is 6.64. The van der Waals surface area contributed by atoms with Crippen molar-refractivity contribution in [1.82, 2.24) is 9.97 Å². The molecule has 1 unspecified atom stereocenters. The van der Waals surface area contributed by atoms with Crippen molar-refractivity contribution < 1.29 is 0 Å². The van der Waals surface area contributed by atoms with Crippen LogP contribution in [0.25, 0.3) is 0 Å². The number of hydrogen-bond donors (Lipinski definition) is 2. The second-order valence-corrected chi connectivity index (χ2v) is 7.46. The SMILES string of the molecule is CNc1cc(NCC2(C)CCCS2)nc(C2CC2)n1. The van der Waals surface area contributed by atoms with Crippen LogP contribution in [0.2, 0.25) is 0 Å². The Balaban J connectivity index is 1.70. The molecule has 0 radical (unpaired) electrons. The predicted octanol–water partition coefficient (Wildman–Crippen LogP) is 3.09. The van der Waals surface area contributed by atoms with Gasteiger partial charge in [0.25, 0.3) is 0 Å². The first kappa shape index (κ1) is 13.0. The number of nitrogens with one attached hydrogen (secondary N) is 2. The highest BCUT2D eigenvalue weighted by molar-refractivity contribution is 8.00. The zero-order valence-corrected chi connectivity index (χ0v) is 12.5. The monoisotopic (exact) mass is 278 g/mol. The third-order valence-electron chi connectivity index (χ3n) is 3.89. The molecule has 104 valence electrons. The number of rotatable bonds is 5. The van der Waals surface area contributed by atoms with Crippen molar-refractivity contribution in [3.05, 3.63) is 11.9 Å². The lowest BCUT2D eigenvalue weighted by Crippen LogP contribution is -2.27. The van der Waals surface area contributed by atoms with Gasteiger partial charge in [0.15, 0.2) is 0 Å². The molecule has 4 nitrogen and oxygen atoms in total. The zero-order chi connectivity index (χ0) is 13.3. The van der Waals surface area contributed by atoms with Crippen LogP contribution in [-0.4, -0.2) is 34.1 Å². The first-order valence-electron chi connectivity index (χ1n) is 7.13. The van der Waals surface area contributed by atoms with Gasteiger partial charge in [-0.1, -0.05) is 0 Å². The maximum absolute atomic E-state index is 4.66. The number of hydrogen-bond acceptors (Lipinski definition) is 5. The molecule has 0 aromatic carbocycles. The lowest BCUT2D eigenvalue weighted by Gasteiger charge is -2.23. The Hall–Kier alpha value is -0.970. The van der Waals surface area contributed by atoms with Gasteiger partial charge in [0.2, 0.25) is 0 Å². The Morgan fingerprint density at radius 3 is 2.79 bits per heavy atom. The minimum atomic E-state index is 0.366. The molecule has 3 rings (SSSR count). The Bertz CT molecular complexity index is 453. The molecule has 1 aliphatic heterocycles. The first-order valence-corrected chi connectivity index (χ1v) is 8.12. The van der Waals surface area contributed by atoms with Crippen molar-refractivity contribution in [1.29, 1.82) is 0 Å². The topological polar surface area (TPSA) is 49.8 Å². The number of anilines is 2. The molecule has 0 spiro atoms. The zero-order valence-electron chi connectivity index (χ0n) is 11.7. The number of aromatic nitrogens is 2. The normalized spacial score (nSPS) is 26.4. The summed E-state index contributed by atoms with van der Waals surface area (Å²) in [4.78, 5) is 9.21. The van der Waals surface area contributed by atoms with Gasteiger partial charge in [0.05, 0.1) is 0 Å². The van der Waals surface area contributed by atoms with Gasteiger partial charge >= 0.3 is 0 Å². The Morgan fingerprint density at radius 2 is 2.16 bits per heavy atom. The Morgan fingerprint density at radius 1 is 1.37 bits per heavy atom. The highest BCUT2D eigenvalue weighted by atomic mass is 32.2. The van der Waals surface area contributed by atoms with E-state index in [9.17, 15) is 0 Å². The summed E-state index contributed by atoms with van der Waals surface area (Å²) in [6, 6.07) is 2.01. The molecule has 0 bridgehead atoms. The van der Waals surface area contributed by atoms with E-state index < -0.39 is 0 Å². The molecule has 1 saturated carbocycles. The number of nitrogens with zero attached hydrogens (tertiary/aromatic N) is 2. The molecule has 0 amide bonds. The van der Waals surface area contributed by atoms with E-state index in [1.807, 2.05) is 13.1 Å². The molecular formula is C14H22N4S. The first-order chi connectivity index (χ1) is 9.18. The minimum absolute atomic E-state index is 0.366. The molecule has 1 saturated heterocycles. The molecule has 1 aromatic heterocycles. The third kappa shape index (κ3) is 3.14. The van der Waals surface area contributed by atoms with Crippen molar-refractivity contribution in [2.45, 2.75) is 43.3 Å². The molecule has 2 N–H and O–H groups in total. The summed E-state index contributed by atoms with van der Waals surface area (Å²) in [6.07, 6.45) is 5.10. The van der Waals surface area contributed by atoms with Gasteiger partial charge in [-0.25, -0.2) is 9.97 Å². The van der Waals surface area contributed by atoms with Gasteiger partial charge in [-0.2, -0.15) is 11.8 Å². The predicted molar refractivity (Wildman–Crippen MR) is 82.1 cm³/mol. The van der Waals surface area contributed by atoms with Crippen LogP contribution < -0.4 is 10.6 Å². The maximum atomic E-state index is 4.66. The molecule has 19 heavy (non-hydrogen) atoms. The molecule has 2 fully saturated rings. The van der Waals surface area contributed by atoms with Crippen LogP contribution >= 0.6 is 11.8 Å². The van der Waals surface area contributed by atoms with E-state index in [1.165, 1.54) is 31.4 Å². The van der Waals surface area contributed by atoms with Gasteiger partial charge in [-0.15, -0.1) is 0 Å². The molecule has 1 aromatic rings. The van der Waals surface area contributed by atoms with Crippen molar-refractivity contribution in [3.8, 4) is 0 Å². The van der Waals surface area contributed by atoms with Crippen LogP contribution in [0.5, 0.6) is 0 Å². The van der Waals surface area contributed by atoms with E-state index in [2.05, 4.69) is 39.3 Å². The molecule has 2 heterocycles. The fraction of sp³-hybridized carbons (Fsp3) is 0.714. The fourth-order valence-electron chi connectivity index (χ4n) is 2.46. The summed E-state index contributed by atoms with van der Waals surface area (Å²) in [5.41, 5.74) is 0. The summed E-state index contributed by atoms with van der Waals surface area (Å²) in [6.45, 7) is 3.33. The summed E-state index contributed by atoms with van der Waals surface area (Å²) >= 11 is 2.08. The third-order valence-corrected chi connectivity index (χ3v) is 5.42. The van der Waals surface area contributed by atoms with Crippen molar-refractivity contribution in [2.75, 3.05) is 30.0 Å². The standard InChI is InChI=1S/C14H22N4S/c1-14(6-3-7-19-14)9-16-12-8-11(15-2)17-13(18-12)10-4-5-10/h8,10H,3-7,9H2,1-2H3,(H2,15,16,17,18). The van der Waals surface area contributed by atoms with Crippen LogP contribution in [0, 0.1) is 0 Å². The highest BCUT2D eigenvalue weighted by Gasteiger charge is 2.30. The van der Waals surface area contributed by atoms with Crippen LogP contribution in [0.4, 0.5) is 11.6 Å². The van der Waals surface area contributed by atoms with Gasteiger partial charge in [-0.3, -0.25) is 0 Å². The summed E-state index contributed by atoms with van der Waals surface area (Å²) < 4.78 is 0.366. The van der Waals surface area contributed by atoms with Gasteiger partial charge < -0.3 is 10.6 Å². The number of thioether (sulfide) groups is 1. The van der Waals surface area contributed by atoms with E-state index >= 15 is 0 Å². The van der Waals surface area contributed by atoms with Crippen LogP contribution in [0.3, 0.4) is 0 Å². The average molecular weight is 278 g/mol. The molecule has 1 aliphatic carbocycles. The Kier molecular flexibility index (Phi) is 3.56. The van der Waals surface area contributed by atoms with Crippen molar-refractivity contribution in [2.24, 2.45) is 0 Å². The lowest BCUT2D eigenvalue weighted by molar-refractivity contribution is 0.633. The second kappa shape index (κ2) is 5.19. The van der Waals surface area contributed by atoms with E-state index in [0.29, 0.717) is 10.7 Å². The minimum Gasteiger partial charge on any atom is -0.373 e. The van der Waals surface area contributed by atoms with Crippen molar-refractivity contribution in [3.63, 3.8) is 0 Å². The van der Waals surface area contributed by atoms with Gasteiger partial charge in [0, 0.05) is 30.3 Å². The van der Waals surface area contributed by atoms with Crippen LogP contribution in [0.15, 0.2) is 6.07 Å². The van der Waals surface area contributed by atoms with Gasteiger partial charge in [0.1, 0.15) is 17.5 Å². The largest absolute Gasteiger partial charge is 0.373 e.